The van der Waals surface area contributed by atoms with Crippen LogP contribution in [0.25, 0.3) is 0 Å². The molecule has 7 heteroatoms. The summed E-state index contributed by atoms with van der Waals surface area (Å²) in [6.45, 7) is 3.53. The summed E-state index contributed by atoms with van der Waals surface area (Å²) < 4.78 is 16.0. The van der Waals surface area contributed by atoms with E-state index in [1.807, 2.05) is 48.5 Å². The molecule has 1 heterocycles. The van der Waals surface area contributed by atoms with Gasteiger partial charge in [0.25, 0.3) is 0 Å². The van der Waals surface area contributed by atoms with E-state index in [1.165, 1.54) is 0 Å². The second-order valence-corrected chi connectivity index (χ2v) is 5.96. The van der Waals surface area contributed by atoms with Gasteiger partial charge in [-0.15, -0.1) is 0 Å². The Kier molecular flexibility index (Phi) is 5.61. The van der Waals surface area contributed by atoms with Gasteiger partial charge in [-0.1, -0.05) is 17.3 Å². The standard InChI is InChI=1S/C20H21N3O4/c1-13-12-19(23-27-13)22-20(24)14(2)21-15-8-10-16(11-9-15)26-18-7-5-4-6-17(18)25-3/h4-12,14,21H,1-3H3,(H,22,23,24)/t14-/m1/s1. The summed E-state index contributed by atoms with van der Waals surface area (Å²) in [7, 11) is 1.60. The zero-order valence-corrected chi connectivity index (χ0v) is 15.4. The molecule has 3 aromatic rings. The maximum atomic E-state index is 12.2. The lowest BCUT2D eigenvalue weighted by Gasteiger charge is -2.15. The van der Waals surface area contributed by atoms with E-state index in [9.17, 15) is 4.79 Å². The summed E-state index contributed by atoms with van der Waals surface area (Å²) in [5.41, 5.74) is 0.793. The van der Waals surface area contributed by atoms with Gasteiger partial charge in [-0.2, -0.15) is 0 Å². The molecule has 2 N–H and O–H groups in total. The van der Waals surface area contributed by atoms with Gasteiger partial charge in [-0.05, 0) is 50.2 Å². The third kappa shape index (κ3) is 4.78. The summed E-state index contributed by atoms with van der Waals surface area (Å²) in [4.78, 5) is 12.2. The number of amides is 1. The molecule has 0 spiro atoms. The van der Waals surface area contributed by atoms with Crippen LogP contribution in [0, 0.1) is 6.92 Å². The second kappa shape index (κ2) is 8.27. The molecule has 27 heavy (non-hydrogen) atoms. The molecule has 0 aliphatic heterocycles. The Morgan fingerprint density at radius 2 is 1.81 bits per heavy atom. The first-order chi connectivity index (χ1) is 13.0. The summed E-state index contributed by atoms with van der Waals surface area (Å²) in [5, 5.41) is 9.58. The molecule has 140 valence electrons. The molecule has 0 fully saturated rings. The largest absolute Gasteiger partial charge is 0.493 e. The smallest absolute Gasteiger partial charge is 0.247 e. The number of anilines is 2. The van der Waals surface area contributed by atoms with Crippen LogP contribution in [0.1, 0.15) is 12.7 Å². The van der Waals surface area contributed by atoms with Gasteiger partial charge in [0.15, 0.2) is 17.3 Å². The van der Waals surface area contributed by atoms with Crippen molar-refractivity contribution in [3.8, 4) is 17.2 Å². The fourth-order valence-corrected chi connectivity index (χ4v) is 2.42. The fourth-order valence-electron chi connectivity index (χ4n) is 2.42. The number of hydrogen-bond acceptors (Lipinski definition) is 6. The van der Waals surface area contributed by atoms with E-state index in [-0.39, 0.29) is 5.91 Å². The molecule has 2 aromatic carbocycles. The molecular formula is C20H21N3O4. The van der Waals surface area contributed by atoms with Crippen LogP contribution in [0.3, 0.4) is 0 Å². The monoisotopic (exact) mass is 367 g/mol. The van der Waals surface area contributed by atoms with Crippen LogP contribution in [0.5, 0.6) is 17.2 Å². The summed E-state index contributed by atoms with van der Waals surface area (Å²) in [6, 6.07) is 16.0. The normalized spacial score (nSPS) is 11.5. The molecule has 1 aromatic heterocycles. The SMILES string of the molecule is COc1ccccc1Oc1ccc(N[C@H](C)C(=O)Nc2cc(C)on2)cc1. The number of carbonyl (C=O) groups excluding carboxylic acids is 1. The van der Waals surface area contributed by atoms with E-state index in [1.54, 1.807) is 27.0 Å². The van der Waals surface area contributed by atoms with Gasteiger partial charge in [0.2, 0.25) is 5.91 Å². The molecule has 7 nitrogen and oxygen atoms in total. The maximum absolute atomic E-state index is 12.2. The summed E-state index contributed by atoms with van der Waals surface area (Å²) >= 11 is 0. The number of nitrogens with one attached hydrogen (secondary N) is 2. The molecule has 1 atom stereocenters. The Morgan fingerprint density at radius 3 is 2.44 bits per heavy atom. The Balaban J connectivity index is 1.59. The molecule has 0 bridgehead atoms. The van der Waals surface area contributed by atoms with Gasteiger partial charge in [0.05, 0.1) is 7.11 Å². The minimum Gasteiger partial charge on any atom is -0.493 e. The molecule has 0 saturated heterocycles. The van der Waals surface area contributed by atoms with E-state index in [4.69, 9.17) is 14.0 Å². The lowest BCUT2D eigenvalue weighted by Crippen LogP contribution is -2.31. The predicted molar refractivity (Wildman–Crippen MR) is 102 cm³/mol. The first kappa shape index (κ1) is 18.3. The highest BCUT2D eigenvalue weighted by atomic mass is 16.5. The molecule has 0 radical (unpaired) electrons. The van der Waals surface area contributed by atoms with E-state index >= 15 is 0 Å². The van der Waals surface area contributed by atoms with Crippen LogP contribution in [-0.2, 0) is 4.79 Å². The van der Waals surface area contributed by atoms with Crippen LogP contribution in [0.4, 0.5) is 11.5 Å². The molecule has 3 rings (SSSR count). The van der Waals surface area contributed by atoms with Crippen molar-refractivity contribution in [2.45, 2.75) is 19.9 Å². The number of ether oxygens (including phenoxy) is 2. The molecule has 0 aliphatic rings. The van der Waals surface area contributed by atoms with Crippen molar-refractivity contribution in [1.82, 2.24) is 5.16 Å². The maximum Gasteiger partial charge on any atom is 0.247 e. The van der Waals surface area contributed by atoms with Crippen molar-refractivity contribution in [2.24, 2.45) is 0 Å². The van der Waals surface area contributed by atoms with Crippen LogP contribution in [0.15, 0.2) is 59.1 Å². The van der Waals surface area contributed by atoms with Gasteiger partial charge >= 0.3 is 0 Å². The Labute approximate surface area is 157 Å². The number of rotatable bonds is 7. The molecular weight excluding hydrogens is 346 g/mol. The first-order valence-corrected chi connectivity index (χ1v) is 8.47. The zero-order valence-electron chi connectivity index (χ0n) is 15.4. The van der Waals surface area contributed by atoms with Crippen molar-refractivity contribution >= 4 is 17.4 Å². The number of aromatic nitrogens is 1. The highest BCUT2D eigenvalue weighted by Crippen LogP contribution is 2.31. The number of benzene rings is 2. The molecule has 1 amide bonds. The van der Waals surface area contributed by atoms with E-state index in [0.717, 1.165) is 5.69 Å². The van der Waals surface area contributed by atoms with E-state index < -0.39 is 6.04 Å². The minimum atomic E-state index is -0.456. The number of methoxy groups -OCH3 is 1. The van der Waals surface area contributed by atoms with Crippen molar-refractivity contribution in [1.29, 1.82) is 0 Å². The van der Waals surface area contributed by atoms with Crippen LogP contribution >= 0.6 is 0 Å². The van der Waals surface area contributed by atoms with Crippen LogP contribution in [-0.4, -0.2) is 24.2 Å². The van der Waals surface area contributed by atoms with Crippen LogP contribution < -0.4 is 20.1 Å². The third-order valence-corrected chi connectivity index (χ3v) is 3.81. The Morgan fingerprint density at radius 1 is 1.11 bits per heavy atom. The number of nitrogens with zero attached hydrogens (tertiary/aromatic N) is 1. The minimum absolute atomic E-state index is 0.211. The van der Waals surface area contributed by atoms with Gasteiger partial charge in [-0.25, -0.2) is 0 Å². The highest BCUT2D eigenvalue weighted by Gasteiger charge is 2.14. The van der Waals surface area contributed by atoms with E-state index in [0.29, 0.717) is 28.8 Å². The number of para-hydroxylation sites is 2. The van der Waals surface area contributed by atoms with Gasteiger partial charge in [0.1, 0.15) is 17.6 Å². The fraction of sp³-hybridized carbons (Fsp3) is 0.200. The highest BCUT2D eigenvalue weighted by molar-refractivity contribution is 5.95. The lowest BCUT2D eigenvalue weighted by atomic mass is 10.2. The molecule has 0 unspecified atom stereocenters. The quantitative estimate of drug-likeness (QED) is 0.650. The van der Waals surface area contributed by atoms with Crippen molar-refractivity contribution in [3.63, 3.8) is 0 Å². The van der Waals surface area contributed by atoms with Gasteiger partial charge in [0, 0.05) is 11.8 Å². The van der Waals surface area contributed by atoms with E-state index in [2.05, 4.69) is 15.8 Å². The van der Waals surface area contributed by atoms with Crippen molar-refractivity contribution in [3.05, 3.63) is 60.4 Å². The molecule has 0 aliphatic carbocycles. The Hall–Kier alpha value is -3.48. The number of hydrogen-bond donors (Lipinski definition) is 2. The second-order valence-electron chi connectivity index (χ2n) is 5.96. The number of carbonyl (C=O) groups is 1. The first-order valence-electron chi connectivity index (χ1n) is 8.47. The van der Waals surface area contributed by atoms with Crippen LogP contribution in [0.2, 0.25) is 0 Å². The summed E-state index contributed by atoms with van der Waals surface area (Å²) in [6.07, 6.45) is 0. The topological polar surface area (TPSA) is 85.6 Å². The van der Waals surface area contributed by atoms with Crippen molar-refractivity contribution in [2.75, 3.05) is 17.7 Å². The summed E-state index contributed by atoms with van der Waals surface area (Å²) in [5.74, 6) is 2.78. The average molecular weight is 367 g/mol. The average Bonchev–Trinajstić information content (AvgIpc) is 3.08. The number of aryl methyl sites for hydroxylation is 1. The Bertz CT molecular complexity index is 906. The zero-order chi connectivity index (χ0) is 19.2. The van der Waals surface area contributed by atoms with Crippen molar-refractivity contribution < 1.29 is 18.8 Å². The third-order valence-electron chi connectivity index (χ3n) is 3.81. The lowest BCUT2D eigenvalue weighted by molar-refractivity contribution is -0.116. The van der Waals surface area contributed by atoms with Gasteiger partial charge < -0.3 is 24.6 Å². The molecule has 0 saturated carbocycles. The van der Waals surface area contributed by atoms with Gasteiger partial charge in [-0.3, -0.25) is 4.79 Å². The predicted octanol–water partition coefficient (Wildman–Crippen LogP) is 4.22.